The van der Waals surface area contributed by atoms with Crippen molar-refractivity contribution in [3.8, 4) is 6.07 Å². The van der Waals surface area contributed by atoms with E-state index in [-0.39, 0.29) is 11.3 Å². The average Bonchev–Trinajstić information content (AvgIpc) is 2.67. The molecule has 0 aliphatic heterocycles. The van der Waals surface area contributed by atoms with E-state index in [1.54, 1.807) is 30.1 Å². The van der Waals surface area contributed by atoms with Crippen LogP contribution in [0.15, 0.2) is 24.4 Å². The van der Waals surface area contributed by atoms with Crippen molar-refractivity contribution in [2.45, 2.75) is 6.92 Å². The fourth-order valence-electron chi connectivity index (χ4n) is 1.73. The van der Waals surface area contributed by atoms with Crippen molar-refractivity contribution in [2.75, 3.05) is 5.32 Å². The van der Waals surface area contributed by atoms with Gasteiger partial charge in [-0.1, -0.05) is 0 Å². The number of nitrogens with one attached hydrogen (secondary N) is 1. The summed E-state index contributed by atoms with van der Waals surface area (Å²) in [5.74, 6) is 0. The highest BCUT2D eigenvalue weighted by Gasteiger charge is 2.14. The number of benzene rings is 1. The molecular formula is C12H11N5O2. The minimum absolute atomic E-state index is 0.0402. The Morgan fingerprint density at radius 1 is 1.53 bits per heavy atom. The molecule has 0 aliphatic carbocycles. The van der Waals surface area contributed by atoms with Crippen LogP contribution in [0.4, 0.5) is 17.1 Å². The van der Waals surface area contributed by atoms with Gasteiger partial charge in [-0.15, -0.1) is 0 Å². The van der Waals surface area contributed by atoms with Crippen LogP contribution in [-0.2, 0) is 7.05 Å². The third-order valence-electron chi connectivity index (χ3n) is 2.61. The van der Waals surface area contributed by atoms with Crippen molar-refractivity contribution in [1.82, 2.24) is 9.78 Å². The molecule has 0 saturated carbocycles. The quantitative estimate of drug-likeness (QED) is 0.671. The molecule has 0 saturated heterocycles. The molecule has 2 aromatic rings. The molecule has 19 heavy (non-hydrogen) atoms. The monoisotopic (exact) mass is 257 g/mol. The van der Waals surface area contributed by atoms with Gasteiger partial charge in [0, 0.05) is 25.0 Å². The zero-order valence-electron chi connectivity index (χ0n) is 10.4. The smallest absolute Gasteiger partial charge is 0.289 e. The number of nitrogens with zero attached hydrogens (tertiary/aromatic N) is 4. The van der Waals surface area contributed by atoms with Gasteiger partial charge in [-0.05, 0) is 19.1 Å². The molecule has 1 aromatic heterocycles. The van der Waals surface area contributed by atoms with Crippen LogP contribution in [-0.4, -0.2) is 14.7 Å². The van der Waals surface area contributed by atoms with E-state index < -0.39 is 4.92 Å². The van der Waals surface area contributed by atoms with E-state index in [4.69, 9.17) is 5.26 Å². The van der Waals surface area contributed by atoms with Gasteiger partial charge >= 0.3 is 0 Å². The Bertz CT molecular complexity index is 684. The molecule has 0 amide bonds. The molecule has 0 aliphatic rings. The van der Waals surface area contributed by atoms with Gasteiger partial charge in [0.2, 0.25) is 0 Å². The van der Waals surface area contributed by atoms with Gasteiger partial charge in [0.1, 0.15) is 11.6 Å². The molecule has 0 radical (unpaired) electrons. The van der Waals surface area contributed by atoms with Crippen molar-refractivity contribution in [3.05, 3.63) is 45.8 Å². The lowest BCUT2D eigenvalue weighted by molar-refractivity contribution is -0.385. The fourth-order valence-corrected chi connectivity index (χ4v) is 1.73. The van der Waals surface area contributed by atoms with Crippen LogP contribution in [0.5, 0.6) is 0 Å². The van der Waals surface area contributed by atoms with Crippen LogP contribution in [0.2, 0.25) is 0 Å². The predicted octanol–water partition coefficient (Wildman–Crippen LogP) is 2.25. The van der Waals surface area contributed by atoms with Gasteiger partial charge < -0.3 is 5.32 Å². The summed E-state index contributed by atoms with van der Waals surface area (Å²) in [7, 11) is 1.79. The number of hydrogen-bond acceptors (Lipinski definition) is 5. The second-order valence-corrected chi connectivity index (χ2v) is 4.03. The van der Waals surface area contributed by atoms with Crippen LogP contribution >= 0.6 is 0 Å². The van der Waals surface area contributed by atoms with E-state index >= 15 is 0 Å². The molecule has 2 rings (SSSR count). The van der Waals surface area contributed by atoms with Crippen molar-refractivity contribution in [2.24, 2.45) is 7.05 Å². The number of nitro benzene ring substituents is 1. The first kappa shape index (κ1) is 12.6. The maximum Gasteiger partial charge on any atom is 0.289 e. The zero-order chi connectivity index (χ0) is 14.0. The molecule has 0 atom stereocenters. The Balaban J connectivity index is 2.37. The summed E-state index contributed by atoms with van der Waals surface area (Å²) in [6, 6.07) is 6.18. The van der Waals surface area contributed by atoms with Crippen LogP contribution in [0, 0.1) is 28.4 Å². The number of aromatic nitrogens is 2. The lowest BCUT2D eigenvalue weighted by atomic mass is 10.1. The van der Waals surface area contributed by atoms with E-state index in [0.717, 1.165) is 11.4 Å². The van der Waals surface area contributed by atoms with Crippen LogP contribution in [0.1, 0.15) is 11.3 Å². The molecule has 0 spiro atoms. The van der Waals surface area contributed by atoms with E-state index in [1.165, 1.54) is 12.1 Å². The summed E-state index contributed by atoms with van der Waals surface area (Å²) < 4.78 is 1.65. The van der Waals surface area contributed by atoms with E-state index in [0.29, 0.717) is 5.69 Å². The molecular weight excluding hydrogens is 246 g/mol. The largest absolute Gasteiger partial charge is 0.353 e. The second-order valence-electron chi connectivity index (χ2n) is 4.03. The molecule has 1 aromatic carbocycles. The Morgan fingerprint density at radius 2 is 2.26 bits per heavy atom. The van der Waals surface area contributed by atoms with E-state index in [1.807, 2.05) is 6.92 Å². The summed E-state index contributed by atoms with van der Waals surface area (Å²) in [5, 5.41) is 26.9. The summed E-state index contributed by atoms with van der Waals surface area (Å²) in [4.78, 5) is 10.3. The molecule has 0 fully saturated rings. The number of nitriles is 1. The second kappa shape index (κ2) is 4.78. The highest BCUT2D eigenvalue weighted by atomic mass is 16.6. The van der Waals surface area contributed by atoms with Crippen LogP contribution in [0.3, 0.4) is 0 Å². The normalized spacial score (nSPS) is 9.95. The third-order valence-corrected chi connectivity index (χ3v) is 2.61. The molecule has 1 heterocycles. The Kier molecular flexibility index (Phi) is 3.16. The lowest BCUT2D eigenvalue weighted by Gasteiger charge is -2.05. The maximum absolute atomic E-state index is 10.9. The first-order valence-electron chi connectivity index (χ1n) is 5.47. The van der Waals surface area contributed by atoms with Gasteiger partial charge in [-0.25, -0.2) is 0 Å². The van der Waals surface area contributed by atoms with Crippen LogP contribution in [0.25, 0.3) is 0 Å². The maximum atomic E-state index is 10.9. The lowest BCUT2D eigenvalue weighted by Crippen LogP contribution is -1.96. The highest BCUT2D eigenvalue weighted by molar-refractivity contribution is 5.66. The molecule has 96 valence electrons. The number of anilines is 2. The van der Waals surface area contributed by atoms with Crippen molar-refractivity contribution >= 4 is 17.1 Å². The third kappa shape index (κ3) is 2.52. The highest BCUT2D eigenvalue weighted by Crippen LogP contribution is 2.25. The number of hydrogen-bond donors (Lipinski definition) is 1. The molecule has 7 heteroatoms. The van der Waals surface area contributed by atoms with Crippen LogP contribution < -0.4 is 5.32 Å². The first-order valence-corrected chi connectivity index (χ1v) is 5.47. The Hall–Kier alpha value is -2.88. The van der Waals surface area contributed by atoms with Gasteiger partial charge in [0.15, 0.2) is 0 Å². The first-order chi connectivity index (χ1) is 9.01. The Labute approximate surface area is 109 Å². The molecule has 7 nitrogen and oxygen atoms in total. The number of rotatable bonds is 3. The number of nitro groups is 1. The van der Waals surface area contributed by atoms with E-state index in [9.17, 15) is 10.1 Å². The minimum Gasteiger partial charge on any atom is -0.353 e. The molecule has 0 unspecified atom stereocenters. The molecule has 0 bridgehead atoms. The standard InChI is InChI=1S/C12H11N5O2/c1-8-11(7-16(2)15-8)14-10-4-3-9(6-13)12(5-10)17(18)19/h3-5,7,14H,1-2H3. The summed E-state index contributed by atoms with van der Waals surface area (Å²) in [6.45, 7) is 1.83. The zero-order valence-corrected chi connectivity index (χ0v) is 10.4. The topological polar surface area (TPSA) is 96.8 Å². The summed E-state index contributed by atoms with van der Waals surface area (Å²) >= 11 is 0. The average molecular weight is 257 g/mol. The van der Waals surface area contributed by atoms with E-state index in [2.05, 4.69) is 10.4 Å². The number of aryl methyl sites for hydroxylation is 2. The predicted molar refractivity (Wildman–Crippen MR) is 69.0 cm³/mol. The Morgan fingerprint density at radius 3 is 2.79 bits per heavy atom. The van der Waals surface area contributed by atoms with Crippen molar-refractivity contribution in [1.29, 1.82) is 5.26 Å². The van der Waals surface area contributed by atoms with Gasteiger partial charge in [0.05, 0.1) is 16.3 Å². The fraction of sp³-hybridized carbons (Fsp3) is 0.167. The van der Waals surface area contributed by atoms with Crippen molar-refractivity contribution in [3.63, 3.8) is 0 Å². The van der Waals surface area contributed by atoms with Crippen molar-refractivity contribution < 1.29 is 4.92 Å². The summed E-state index contributed by atoms with van der Waals surface area (Å²) in [6.07, 6.45) is 1.78. The van der Waals surface area contributed by atoms with Gasteiger partial charge in [0.25, 0.3) is 5.69 Å². The SMILES string of the molecule is Cc1nn(C)cc1Nc1ccc(C#N)c([N+](=O)[O-])c1. The van der Waals surface area contributed by atoms with Gasteiger partial charge in [-0.2, -0.15) is 10.4 Å². The summed E-state index contributed by atoms with van der Waals surface area (Å²) in [5.41, 5.74) is 1.92. The molecule has 1 N–H and O–H groups in total. The minimum atomic E-state index is -0.570. The van der Waals surface area contributed by atoms with Gasteiger partial charge in [-0.3, -0.25) is 14.8 Å².